The van der Waals surface area contributed by atoms with Crippen LogP contribution < -0.4 is 4.90 Å². The average molecular weight is 409 g/mol. The van der Waals surface area contributed by atoms with Gasteiger partial charge in [0.25, 0.3) is 0 Å². The SMILES string of the molecule is Cc1noc(C)c1S(=O)(=O)N1CC[NH+](CN2C(=O)[C@H]3CC=CC[C@H]3C2=O)CC1. The monoisotopic (exact) mass is 409 g/mol. The smallest absolute Gasteiger partial charge is 0.248 e. The molecule has 2 amide bonds. The number of carbonyl (C=O) groups excluding carboxylic acids is 2. The molecule has 0 aromatic carbocycles. The highest BCUT2D eigenvalue weighted by Gasteiger charge is 2.48. The lowest BCUT2D eigenvalue weighted by Gasteiger charge is -2.32. The summed E-state index contributed by atoms with van der Waals surface area (Å²) in [5.74, 6) is -0.330. The Morgan fingerprint density at radius 1 is 1.11 bits per heavy atom. The molecule has 2 saturated heterocycles. The molecule has 3 heterocycles. The standard InChI is InChI=1S/C18H24N4O5S/c1-12-16(13(2)27-19-12)28(25,26)21-9-7-20(8-10-21)11-22-17(23)14-5-3-4-6-15(14)18(22)24/h3-4,14-15H,5-11H2,1-2H3/p+1/t14-,15+. The minimum atomic E-state index is -3.66. The number of hydrogen-bond donors (Lipinski definition) is 1. The van der Waals surface area contributed by atoms with Crippen molar-refractivity contribution in [2.24, 2.45) is 11.8 Å². The zero-order chi connectivity index (χ0) is 20.1. The second kappa shape index (κ2) is 7.09. The third-order valence-corrected chi connectivity index (χ3v) is 8.12. The number of nitrogens with zero attached hydrogens (tertiary/aromatic N) is 3. The van der Waals surface area contributed by atoms with Gasteiger partial charge in [0.2, 0.25) is 21.8 Å². The van der Waals surface area contributed by atoms with Crippen molar-refractivity contribution in [2.75, 3.05) is 32.8 Å². The molecule has 3 aliphatic rings. The van der Waals surface area contributed by atoms with Gasteiger partial charge in [-0.25, -0.2) is 13.3 Å². The predicted molar refractivity (Wildman–Crippen MR) is 97.5 cm³/mol. The Bertz CT molecular complexity index is 884. The number of fused-ring (bicyclic) bond motifs is 1. The summed E-state index contributed by atoms with van der Waals surface area (Å²) < 4.78 is 32.2. The van der Waals surface area contributed by atoms with Crippen molar-refractivity contribution in [1.29, 1.82) is 0 Å². The van der Waals surface area contributed by atoms with Crippen molar-refractivity contribution < 1.29 is 27.4 Å². The number of nitrogens with one attached hydrogen (secondary N) is 1. The highest BCUT2D eigenvalue weighted by Crippen LogP contribution is 2.34. The van der Waals surface area contributed by atoms with Crippen LogP contribution in [0.3, 0.4) is 0 Å². The predicted octanol–water partition coefficient (Wildman–Crippen LogP) is -0.911. The number of hydrogen-bond acceptors (Lipinski definition) is 6. The molecule has 0 bridgehead atoms. The molecule has 152 valence electrons. The van der Waals surface area contributed by atoms with Crippen molar-refractivity contribution in [3.63, 3.8) is 0 Å². The topological polar surface area (TPSA) is 105 Å². The second-order valence-electron chi connectivity index (χ2n) is 7.73. The Labute approximate surface area is 164 Å². The Morgan fingerprint density at radius 3 is 2.18 bits per heavy atom. The van der Waals surface area contributed by atoms with E-state index in [0.29, 0.717) is 51.4 Å². The number of rotatable bonds is 4. The van der Waals surface area contributed by atoms with Crippen LogP contribution >= 0.6 is 0 Å². The fraction of sp³-hybridized carbons (Fsp3) is 0.611. The molecule has 0 saturated carbocycles. The molecule has 0 spiro atoms. The Hall–Kier alpha value is -2.04. The van der Waals surface area contributed by atoms with Gasteiger partial charge >= 0.3 is 0 Å². The van der Waals surface area contributed by atoms with Gasteiger partial charge in [0, 0.05) is 0 Å². The van der Waals surface area contributed by atoms with Crippen molar-refractivity contribution >= 4 is 21.8 Å². The van der Waals surface area contributed by atoms with Crippen molar-refractivity contribution in [1.82, 2.24) is 14.4 Å². The van der Waals surface area contributed by atoms with Gasteiger partial charge in [0.05, 0.1) is 38.0 Å². The van der Waals surface area contributed by atoms with Gasteiger partial charge in [-0.15, -0.1) is 0 Å². The van der Waals surface area contributed by atoms with Gasteiger partial charge in [0.15, 0.2) is 12.4 Å². The van der Waals surface area contributed by atoms with Crippen LogP contribution in [0, 0.1) is 25.7 Å². The highest BCUT2D eigenvalue weighted by atomic mass is 32.2. The number of allylic oxidation sites excluding steroid dienone is 2. The minimum absolute atomic E-state index is 0.0855. The van der Waals surface area contributed by atoms with E-state index in [0.717, 1.165) is 4.90 Å². The molecule has 0 unspecified atom stereocenters. The Kier molecular flexibility index (Phi) is 4.88. The summed E-state index contributed by atoms with van der Waals surface area (Å²) in [7, 11) is -3.66. The molecule has 10 heteroatoms. The van der Waals surface area contributed by atoms with E-state index >= 15 is 0 Å². The van der Waals surface area contributed by atoms with Gasteiger partial charge in [-0.05, 0) is 26.7 Å². The summed E-state index contributed by atoms with van der Waals surface area (Å²) in [4.78, 5) is 27.8. The molecular weight excluding hydrogens is 384 g/mol. The molecule has 1 aromatic heterocycles. The van der Waals surface area contributed by atoms with Gasteiger partial charge in [0.1, 0.15) is 10.6 Å². The van der Waals surface area contributed by atoms with Crippen LogP contribution in [-0.2, 0) is 19.6 Å². The highest BCUT2D eigenvalue weighted by molar-refractivity contribution is 7.89. The molecule has 1 N–H and O–H groups in total. The van der Waals surface area contributed by atoms with Crippen molar-refractivity contribution in [3.05, 3.63) is 23.6 Å². The van der Waals surface area contributed by atoms with Gasteiger partial charge in [-0.2, -0.15) is 4.31 Å². The summed E-state index contributed by atoms with van der Waals surface area (Å²) in [6, 6.07) is 0. The van der Waals surface area contributed by atoms with E-state index in [1.807, 2.05) is 12.2 Å². The first kappa shape index (κ1) is 19.3. The number of quaternary nitrogens is 1. The first-order chi connectivity index (χ1) is 13.3. The van der Waals surface area contributed by atoms with Crippen LogP contribution in [0.15, 0.2) is 21.6 Å². The van der Waals surface area contributed by atoms with E-state index in [4.69, 9.17) is 4.52 Å². The number of amides is 2. The zero-order valence-electron chi connectivity index (χ0n) is 16.1. The number of carbonyl (C=O) groups is 2. The van der Waals surface area contributed by atoms with E-state index in [1.54, 1.807) is 13.8 Å². The van der Waals surface area contributed by atoms with E-state index in [2.05, 4.69) is 5.16 Å². The fourth-order valence-electron chi connectivity index (χ4n) is 4.42. The van der Waals surface area contributed by atoms with Gasteiger partial charge in [-0.3, -0.25) is 9.59 Å². The molecule has 2 aliphatic heterocycles. The quantitative estimate of drug-likeness (QED) is 0.510. The molecule has 4 rings (SSSR count). The summed E-state index contributed by atoms with van der Waals surface area (Å²) in [5.41, 5.74) is 0.358. The minimum Gasteiger partial charge on any atom is -0.360 e. The lowest BCUT2D eigenvalue weighted by atomic mass is 9.85. The van der Waals surface area contributed by atoms with E-state index < -0.39 is 10.0 Å². The van der Waals surface area contributed by atoms with Gasteiger partial charge in [-0.1, -0.05) is 17.3 Å². The Morgan fingerprint density at radius 2 is 1.68 bits per heavy atom. The molecule has 1 aromatic rings. The maximum Gasteiger partial charge on any atom is 0.248 e. The fourth-order valence-corrected chi connectivity index (χ4v) is 6.15. The number of imide groups is 1. The molecule has 2 fully saturated rings. The molecular formula is C18H25N4O5S+. The van der Waals surface area contributed by atoms with E-state index in [9.17, 15) is 18.0 Å². The van der Waals surface area contributed by atoms with Crippen LogP contribution in [0.25, 0.3) is 0 Å². The van der Waals surface area contributed by atoms with Crippen LogP contribution in [0.1, 0.15) is 24.3 Å². The van der Waals surface area contributed by atoms with Crippen LogP contribution in [0.4, 0.5) is 0 Å². The third-order valence-electron chi connectivity index (χ3n) is 5.98. The number of sulfonamides is 1. The molecule has 28 heavy (non-hydrogen) atoms. The summed E-state index contributed by atoms with van der Waals surface area (Å²) in [5, 5.41) is 3.74. The molecule has 9 nitrogen and oxygen atoms in total. The van der Waals surface area contributed by atoms with E-state index in [1.165, 1.54) is 9.21 Å². The molecule has 0 radical (unpaired) electrons. The number of aromatic nitrogens is 1. The zero-order valence-corrected chi connectivity index (χ0v) is 16.9. The molecule has 2 atom stereocenters. The van der Waals surface area contributed by atoms with Crippen molar-refractivity contribution in [2.45, 2.75) is 31.6 Å². The number of aryl methyl sites for hydroxylation is 2. The molecule has 1 aliphatic carbocycles. The normalized spacial score (nSPS) is 26.9. The third kappa shape index (κ3) is 3.09. The first-order valence-corrected chi connectivity index (χ1v) is 11.0. The number of likely N-dealkylation sites (tertiary alicyclic amines) is 1. The Balaban J connectivity index is 1.40. The van der Waals surface area contributed by atoms with Crippen LogP contribution in [-0.4, -0.2) is 67.4 Å². The summed E-state index contributed by atoms with van der Waals surface area (Å²) in [6.07, 6.45) is 5.21. The second-order valence-corrected chi connectivity index (χ2v) is 9.60. The first-order valence-electron chi connectivity index (χ1n) is 9.57. The average Bonchev–Trinajstić information content (AvgIpc) is 3.14. The van der Waals surface area contributed by atoms with Crippen LogP contribution in [0.5, 0.6) is 0 Å². The summed E-state index contributed by atoms with van der Waals surface area (Å²) >= 11 is 0. The lowest BCUT2D eigenvalue weighted by molar-refractivity contribution is -0.910. The summed E-state index contributed by atoms with van der Waals surface area (Å²) in [6.45, 7) is 5.24. The van der Waals surface area contributed by atoms with Crippen LogP contribution in [0.2, 0.25) is 0 Å². The van der Waals surface area contributed by atoms with Gasteiger partial charge < -0.3 is 9.42 Å². The van der Waals surface area contributed by atoms with Crippen molar-refractivity contribution in [3.8, 4) is 0 Å². The lowest BCUT2D eigenvalue weighted by Crippen LogP contribution is -3.16. The van der Waals surface area contributed by atoms with E-state index in [-0.39, 0.29) is 34.3 Å². The number of piperazine rings is 1. The largest absolute Gasteiger partial charge is 0.360 e. The maximum atomic E-state index is 12.9. The maximum absolute atomic E-state index is 12.9.